The summed E-state index contributed by atoms with van der Waals surface area (Å²) in [7, 11) is 1.83. The van der Waals surface area contributed by atoms with Crippen LogP contribution >= 0.6 is 46.9 Å². The predicted molar refractivity (Wildman–Crippen MR) is 139 cm³/mol. The lowest BCUT2D eigenvalue weighted by Crippen LogP contribution is -2.43. The van der Waals surface area contributed by atoms with Crippen LogP contribution in [0.25, 0.3) is 0 Å². The average Bonchev–Trinajstić information content (AvgIpc) is 3.19. The Bertz CT molecular complexity index is 789. The molecule has 30 heavy (non-hydrogen) atoms. The molecule has 1 aliphatic heterocycles. The number of benzene rings is 1. The van der Waals surface area contributed by atoms with Crippen LogP contribution in [-0.2, 0) is 19.4 Å². The molecule has 166 valence electrons. The summed E-state index contributed by atoms with van der Waals surface area (Å²) >= 11 is 7.83. The number of hydrogen-bond donors (Lipinski definition) is 2. The molecule has 0 bridgehead atoms. The zero-order valence-electron chi connectivity index (χ0n) is 17.9. The van der Waals surface area contributed by atoms with E-state index in [1.54, 1.807) is 11.3 Å². The van der Waals surface area contributed by atoms with Crippen molar-refractivity contribution < 1.29 is 0 Å². The van der Waals surface area contributed by atoms with E-state index in [1.165, 1.54) is 29.1 Å². The standard InChI is InChI=1S/C22H32ClN5S.HI/c1-3-21-27-20(16-29-21)15-28-11-8-18(9-12-28)14-26-22(24-2)25-10-7-17-5-4-6-19(23)13-17;/h4-6,13,16,18H,3,7-12,14-15H2,1-2H3,(H2,24,25,26);1H. The third kappa shape index (κ3) is 8.32. The molecule has 0 radical (unpaired) electrons. The minimum Gasteiger partial charge on any atom is -0.356 e. The zero-order valence-corrected chi connectivity index (χ0v) is 21.8. The van der Waals surface area contributed by atoms with Gasteiger partial charge in [0.05, 0.1) is 10.7 Å². The van der Waals surface area contributed by atoms with Gasteiger partial charge in [-0.15, -0.1) is 35.3 Å². The third-order valence-electron chi connectivity index (χ3n) is 5.37. The van der Waals surface area contributed by atoms with E-state index in [2.05, 4.69) is 38.9 Å². The van der Waals surface area contributed by atoms with Crippen molar-refractivity contribution in [2.75, 3.05) is 33.2 Å². The smallest absolute Gasteiger partial charge is 0.190 e. The molecule has 5 nitrogen and oxygen atoms in total. The fourth-order valence-electron chi connectivity index (χ4n) is 3.64. The first kappa shape index (κ1) is 25.4. The molecule has 3 rings (SSSR count). The van der Waals surface area contributed by atoms with E-state index < -0.39 is 0 Å². The van der Waals surface area contributed by atoms with E-state index in [4.69, 9.17) is 16.6 Å². The average molecular weight is 562 g/mol. The molecule has 2 heterocycles. The van der Waals surface area contributed by atoms with Gasteiger partial charge in [-0.25, -0.2) is 4.98 Å². The Balaban J connectivity index is 0.00000320. The van der Waals surface area contributed by atoms with Crippen LogP contribution in [0.3, 0.4) is 0 Å². The number of aromatic nitrogens is 1. The summed E-state index contributed by atoms with van der Waals surface area (Å²) in [5.41, 5.74) is 2.46. The Kier molecular flexibility index (Phi) is 11.4. The topological polar surface area (TPSA) is 52.6 Å². The fourth-order valence-corrected chi connectivity index (χ4v) is 4.59. The number of aryl methyl sites for hydroxylation is 1. The zero-order chi connectivity index (χ0) is 20.5. The van der Waals surface area contributed by atoms with Gasteiger partial charge < -0.3 is 10.6 Å². The van der Waals surface area contributed by atoms with Gasteiger partial charge in [0.2, 0.25) is 0 Å². The van der Waals surface area contributed by atoms with Crippen molar-refractivity contribution in [3.05, 3.63) is 50.9 Å². The maximum Gasteiger partial charge on any atom is 0.190 e. The molecule has 0 saturated carbocycles. The highest BCUT2D eigenvalue weighted by Crippen LogP contribution is 2.19. The van der Waals surface area contributed by atoms with Crippen LogP contribution in [0.4, 0.5) is 0 Å². The van der Waals surface area contributed by atoms with Crippen molar-refractivity contribution in [2.24, 2.45) is 10.9 Å². The van der Waals surface area contributed by atoms with E-state index >= 15 is 0 Å². The van der Waals surface area contributed by atoms with Gasteiger partial charge >= 0.3 is 0 Å². The molecule has 0 spiro atoms. The van der Waals surface area contributed by atoms with Gasteiger partial charge in [0.15, 0.2) is 5.96 Å². The normalized spacial score (nSPS) is 15.6. The van der Waals surface area contributed by atoms with Crippen molar-refractivity contribution in [1.29, 1.82) is 0 Å². The van der Waals surface area contributed by atoms with E-state index in [0.29, 0.717) is 5.92 Å². The first-order chi connectivity index (χ1) is 14.2. The molecule has 2 N–H and O–H groups in total. The van der Waals surface area contributed by atoms with E-state index in [-0.39, 0.29) is 24.0 Å². The Morgan fingerprint density at radius 3 is 2.77 bits per heavy atom. The Morgan fingerprint density at radius 1 is 1.30 bits per heavy atom. The molecule has 1 aromatic heterocycles. The maximum atomic E-state index is 6.05. The van der Waals surface area contributed by atoms with Crippen LogP contribution in [0.5, 0.6) is 0 Å². The molecule has 0 amide bonds. The number of nitrogens with zero attached hydrogens (tertiary/aromatic N) is 3. The summed E-state index contributed by atoms with van der Waals surface area (Å²) in [5, 5.41) is 11.1. The van der Waals surface area contributed by atoms with Crippen LogP contribution in [0.15, 0.2) is 34.6 Å². The van der Waals surface area contributed by atoms with Crippen molar-refractivity contribution in [2.45, 2.75) is 39.2 Å². The molecule has 0 atom stereocenters. The molecular weight excluding hydrogens is 529 g/mol. The second-order valence-electron chi connectivity index (χ2n) is 7.57. The van der Waals surface area contributed by atoms with Crippen LogP contribution in [-0.4, -0.2) is 49.1 Å². The number of hydrogen-bond acceptors (Lipinski definition) is 4. The minimum atomic E-state index is 0. The molecule has 2 aromatic rings. The highest BCUT2D eigenvalue weighted by atomic mass is 127. The molecule has 1 aromatic carbocycles. The van der Waals surface area contributed by atoms with Crippen molar-refractivity contribution in [3.63, 3.8) is 0 Å². The molecule has 0 aliphatic carbocycles. The summed E-state index contributed by atoms with van der Waals surface area (Å²) in [6, 6.07) is 8.02. The monoisotopic (exact) mass is 561 g/mol. The largest absolute Gasteiger partial charge is 0.356 e. The second-order valence-corrected chi connectivity index (χ2v) is 8.94. The number of aliphatic imine (C=N–C) groups is 1. The number of piperidine rings is 1. The molecule has 1 aliphatic rings. The van der Waals surface area contributed by atoms with Gasteiger partial charge in [-0.1, -0.05) is 30.7 Å². The van der Waals surface area contributed by atoms with Crippen molar-refractivity contribution >= 4 is 52.9 Å². The molecule has 1 saturated heterocycles. The first-order valence-electron chi connectivity index (χ1n) is 10.5. The van der Waals surface area contributed by atoms with Gasteiger partial charge in [0.25, 0.3) is 0 Å². The number of thiazole rings is 1. The summed E-state index contributed by atoms with van der Waals surface area (Å²) in [4.78, 5) is 11.6. The quantitative estimate of drug-likeness (QED) is 0.281. The molecule has 1 fully saturated rings. The number of guanidine groups is 1. The van der Waals surface area contributed by atoms with Gasteiger partial charge in [-0.3, -0.25) is 9.89 Å². The number of likely N-dealkylation sites (tertiary alicyclic amines) is 1. The first-order valence-corrected chi connectivity index (χ1v) is 11.8. The lowest BCUT2D eigenvalue weighted by Gasteiger charge is -2.31. The Labute approximate surface area is 206 Å². The molecular formula is C22H33ClIN5S. The van der Waals surface area contributed by atoms with Gasteiger partial charge in [-0.05, 0) is 62.4 Å². The van der Waals surface area contributed by atoms with Crippen molar-refractivity contribution in [1.82, 2.24) is 20.5 Å². The third-order valence-corrected chi connectivity index (χ3v) is 6.65. The van der Waals surface area contributed by atoms with Crippen molar-refractivity contribution in [3.8, 4) is 0 Å². The van der Waals surface area contributed by atoms with Gasteiger partial charge in [0.1, 0.15) is 0 Å². The Hall–Kier alpha value is -0.900. The minimum absolute atomic E-state index is 0. The van der Waals surface area contributed by atoms with E-state index in [9.17, 15) is 0 Å². The van der Waals surface area contributed by atoms with Crippen LogP contribution in [0, 0.1) is 5.92 Å². The predicted octanol–water partition coefficient (Wildman–Crippen LogP) is 4.60. The maximum absolute atomic E-state index is 6.05. The van der Waals surface area contributed by atoms with Gasteiger partial charge in [0, 0.05) is 37.1 Å². The SMILES string of the molecule is CCc1nc(CN2CCC(CNC(=NC)NCCc3cccc(Cl)c3)CC2)cs1.I. The number of halogens is 2. The fraction of sp³-hybridized carbons (Fsp3) is 0.545. The number of nitrogens with one attached hydrogen (secondary N) is 2. The van der Waals surface area contributed by atoms with Crippen LogP contribution in [0.1, 0.15) is 36.0 Å². The summed E-state index contributed by atoms with van der Waals surface area (Å²) in [6.07, 6.45) is 4.40. The highest BCUT2D eigenvalue weighted by Gasteiger charge is 2.20. The molecule has 8 heteroatoms. The second kappa shape index (κ2) is 13.5. The summed E-state index contributed by atoms with van der Waals surface area (Å²) in [6.45, 7) is 7.26. The summed E-state index contributed by atoms with van der Waals surface area (Å²) in [5.74, 6) is 1.57. The highest BCUT2D eigenvalue weighted by molar-refractivity contribution is 14.0. The lowest BCUT2D eigenvalue weighted by molar-refractivity contribution is 0.176. The van der Waals surface area contributed by atoms with E-state index in [0.717, 1.165) is 56.5 Å². The van der Waals surface area contributed by atoms with E-state index in [1.807, 2.05) is 25.2 Å². The Morgan fingerprint density at radius 2 is 2.10 bits per heavy atom. The van der Waals surface area contributed by atoms with Crippen LogP contribution in [0.2, 0.25) is 5.02 Å². The lowest BCUT2D eigenvalue weighted by atomic mass is 9.97. The number of rotatable bonds is 8. The summed E-state index contributed by atoms with van der Waals surface area (Å²) < 4.78 is 0. The van der Waals surface area contributed by atoms with Gasteiger partial charge in [-0.2, -0.15) is 0 Å². The molecule has 0 unspecified atom stereocenters. The van der Waals surface area contributed by atoms with Crippen LogP contribution < -0.4 is 10.6 Å².